The molecule has 0 saturated heterocycles. The first kappa shape index (κ1) is 13.3. The fraction of sp³-hybridized carbons (Fsp3) is 0.312. The summed E-state index contributed by atoms with van der Waals surface area (Å²) in [4.78, 5) is 7.11. The number of rotatable bonds is 4. The van der Waals surface area contributed by atoms with Gasteiger partial charge in [0, 0.05) is 29.4 Å². The lowest BCUT2D eigenvalue weighted by Gasteiger charge is -2.01. The summed E-state index contributed by atoms with van der Waals surface area (Å²) in [5.41, 5.74) is 4.78. The van der Waals surface area contributed by atoms with Gasteiger partial charge in [-0.05, 0) is 25.8 Å². The van der Waals surface area contributed by atoms with E-state index in [2.05, 4.69) is 48.7 Å². The Kier molecular flexibility index (Phi) is 3.59. The number of benzene rings is 1. The second-order valence-corrected chi connectivity index (χ2v) is 6.14. The molecule has 0 radical (unpaired) electrons. The Labute approximate surface area is 122 Å². The first-order valence-electron chi connectivity index (χ1n) is 6.72. The third kappa shape index (κ3) is 2.37. The van der Waals surface area contributed by atoms with Gasteiger partial charge in [0.25, 0.3) is 0 Å². The van der Waals surface area contributed by atoms with E-state index in [1.165, 1.54) is 21.7 Å². The van der Waals surface area contributed by atoms with Crippen LogP contribution in [-0.2, 0) is 11.2 Å². The molecule has 0 atom stereocenters. The third-order valence-electron chi connectivity index (χ3n) is 3.63. The van der Waals surface area contributed by atoms with Gasteiger partial charge in [-0.1, -0.05) is 24.3 Å². The fourth-order valence-electron chi connectivity index (χ4n) is 2.26. The molecule has 104 valence electrons. The van der Waals surface area contributed by atoms with Gasteiger partial charge in [0.1, 0.15) is 0 Å². The topological polar surface area (TPSA) is 26.5 Å². The zero-order valence-corrected chi connectivity index (χ0v) is 12.8. The number of methoxy groups -OCH3 is 1. The van der Waals surface area contributed by atoms with E-state index in [-0.39, 0.29) is 0 Å². The Morgan fingerprint density at radius 2 is 1.95 bits per heavy atom. The monoisotopic (exact) mass is 286 g/mol. The van der Waals surface area contributed by atoms with Gasteiger partial charge in [0.15, 0.2) is 4.96 Å². The third-order valence-corrected chi connectivity index (χ3v) is 4.71. The summed E-state index contributed by atoms with van der Waals surface area (Å²) in [5.74, 6) is 0. The van der Waals surface area contributed by atoms with Crippen LogP contribution in [0, 0.1) is 13.8 Å². The van der Waals surface area contributed by atoms with Crippen molar-refractivity contribution in [3.05, 3.63) is 46.6 Å². The molecule has 2 aromatic heterocycles. The molecule has 1 aromatic carbocycles. The van der Waals surface area contributed by atoms with Crippen LogP contribution in [0.1, 0.15) is 16.1 Å². The molecule has 4 heteroatoms. The van der Waals surface area contributed by atoms with Gasteiger partial charge in [-0.2, -0.15) is 0 Å². The average Bonchev–Trinajstić information content (AvgIpc) is 2.98. The van der Waals surface area contributed by atoms with Crippen LogP contribution in [0.3, 0.4) is 0 Å². The van der Waals surface area contributed by atoms with Crippen molar-refractivity contribution in [3.63, 3.8) is 0 Å². The van der Waals surface area contributed by atoms with Gasteiger partial charge in [-0.25, -0.2) is 4.98 Å². The minimum absolute atomic E-state index is 0.762. The highest BCUT2D eigenvalue weighted by Gasteiger charge is 2.10. The molecule has 3 nitrogen and oxygen atoms in total. The predicted molar refractivity (Wildman–Crippen MR) is 83.6 cm³/mol. The molecule has 0 aliphatic heterocycles. The van der Waals surface area contributed by atoms with E-state index in [1.807, 2.05) is 0 Å². The molecule has 3 rings (SSSR count). The predicted octanol–water partition coefficient (Wildman–Crippen LogP) is 3.87. The van der Waals surface area contributed by atoms with E-state index >= 15 is 0 Å². The number of aromatic nitrogens is 2. The van der Waals surface area contributed by atoms with Gasteiger partial charge in [-0.15, -0.1) is 11.3 Å². The van der Waals surface area contributed by atoms with E-state index in [9.17, 15) is 0 Å². The van der Waals surface area contributed by atoms with Crippen LogP contribution in [0.4, 0.5) is 0 Å². The maximum Gasteiger partial charge on any atom is 0.194 e. The number of imidazole rings is 1. The molecule has 2 heterocycles. The summed E-state index contributed by atoms with van der Waals surface area (Å²) in [6, 6.07) is 8.58. The molecule has 0 spiro atoms. The number of aryl methyl sites for hydroxylation is 2. The summed E-state index contributed by atoms with van der Waals surface area (Å²) in [6.45, 7) is 5.04. The molecule has 0 N–H and O–H groups in total. The molecule has 0 aliphatic carbocycles. The summed E-state index contributed by atoms with van der Waals surface area (Å²) < 4.78 is 7.27. The van der Waals surface area contributed by atoms with Crippen LogP contribution < -0.4 is 0 Å². The van der Waals surface area contributed by atoms with Crippen molar-refractivity contribution in [1.29, 1.82) is 0 Å². The number of ether oxygens (including phenoxy) is 1. The first-order valence-corrected chi connectivity index (χ1v) is 7.54. The van der Waals surface area contributed by atoms with Crippen molar-refractivity contribution in [1.82, 2.24) is 9.38 Å². The van der Waals surface area contributed by atoms with Gasteiger partial charge in [-0.3, -0.25) is 4.40 Å². The smallest absolute Gasteiger partial charge is 0.194 e. The lowest BCUT2D eigenvalue weighted by atomic mass is 10.1. The van der Waals surface area contributed by atoms with Crippen molar-refractivity contribution < 1.29 is 4.74 Å². The zero-order valence-electron chi connectivity index (χ0n) is 12.0. The molecule has 0 unspecified atom stereocenters. The number of thiazole rings is 1. The number of fused-ring (bicyclic) bond motifs is 1. The largest absolute Gasteiger partial charge is 0.384 e. The Hall–Kier alpha value is -1.65. The van der Waals surface area contributed by atoms with Crippen molar-refractivity contribution >= 4 is 16.3 Å². The van der Waals surface area contributed by atoms with Crippen molar-refractivity contribution in [2.75, 3.05) is 13.7 Å². The number of hydrogen-bond acceptors (Lipinski definition) is 3. The van der Waals surface area contributed by atoms with Crippen LogP contribution in [0.25, 0.3) is 16.2 Å². The molecule has 0 aliphatic rings. The molecule has 0 fully saturated rings. The van der Waals surface area contributed by atoms with E-state index < -0.39 is 0 Å². The van der Waals surface area contributed by atoms with Gasteiger partial charge in [0.05, 0.1) is 12.3 Å². The lowest BCUT2D eigenvalue weighted by Crippen LogP contribution is -1.93. The Morgan fingerprint density at radius 1 is 1.20 bits per heavy atom. The molecule has 0 bridgehead atoms. The van der Waals surface area contributed by atoms with Crippen LogP contribution in [-0.4, -0.2) is 23.1 Å². The SMILES string of the molecule is COCCc1ccc(-c2cn3c(C)c(C)sc3n2)cc1. The maximum absolute atomic E-state index is 5.10. The fourth-order valence-corrected chi connectivity index (χ4v) is 3.21. The van der Waals surface area contributed by atoms with E-state index in [0.29, 0.717) is 0 Å². The highest BCUT2D eigenvalue weighted by molar-refractivity contribution is 7.17. The standard InChI is InChI=1S/C16H18N2OS/c1-11-12(2)20-16-17-15(10-18(11)16)14-6-4-13(5-7-14)8-9-19-3/h4-7,10H,8-9H2,1-3H3. The first-order chi connectivity index (χ1) is 9.69. The van der Waals surface area contributed by atoms with Gasteiger partial charge < -0.3 is 4.74 Å². The summed E-state index contributed by atoms with van der Waals surface area (Å²) in [6.07, 6.45) is 3.08. The number of nitrogens with zero attached hydrogens (tertiary/aromatic N) is 2. The minimum Gasteiger partial charge on any atom is -0.384 e. The maximum atomic E-state index is 5.10. The normalized spacial score (nSPS) is 11.3. The van der Waals surface area contributed by atoms with E-state index in [4.69, 9.17) is 9.72 Å². The highest BCUT2D eigenvalue weighted by atomic mass is 32.1. The highest BCUT2D eigenvalue weighted by Crippen LogP contribution is 2.26. The van der Waals surface area contributed by atoms with Crippen molar-refractivity contribution in [3.8, 4) is 11.3 Å². The summed E-state index contributed by atoms with van der Waals surface area (Å²) in [7, 11) is 1.73. The second-order valence-electron chi connectivity index (χ2n) is 4.96. The molecule has 3 aromatic rings. The van der Waals surface area contributed by atoms with E-state index in [1.54, 1.807) is 18.4 Å². The molecule has 20 heavy (non-hydrogen) atoms. The van der Waals surface area contributed by atoms with Crippen LogP contribution >= 0.6 is 11.3 Å². The minimum atomic E-state index is 0.762. The Bertz CT molecular complexity index is 725. The summed E-state index contributed by atoms with van der Waals surface area (Å²) in [5, 5.41) is 0. The van der Waals surface area contributed by atoms with Gasteiger partial charge in [0.2, 0.25) is 0 Å². The number of hydrogen-bond donors (Lipinski definition) is 0. The Balaban J connectivity index is 1.90. The van der Waals surface area contributed by atoms with Crippen LogP contribution in [0.2, 0.25) is 0 Å². The van der Waals surface area contributed by atoms with Crippen molar-refractivity contribution in [2.45, 2.75) is 20.3 Å². The Morgan fingerprint density at radius 3 is 2.60 bits per heavy atom. The molecule has 0 amide bonds. The molecule has 0 saturated carbocycles. The van der Waals surface area contributed by atoms with Crippen molar-refractivity contribution in [2.24, 2.45) is 0 Å². The average molecular weight is 286 g/mol. The zero-order chi connectivity index (χ0) is 14.1. The quantitative estimate of drug-likeness (QED) is 0.728. The van der Waals surface area contributed by atoms with Crippen LogP contribution in [0.15, 0.2) is 30.5 Å². The molecular formula is C16H18N2OS. The summed E-state index contributed by atoms with van der Waals surface area (Å²) >= 11 is 1.74. The van der Waals surface area contributed by atoms with Crippen LogP contribution in [0.5, 0.6) is 0 Å². The van der Waals surface area contributed by atoms with E-state index in [0.717, 1.165) is 23.7 Å². The molecular weight excluding hydrogens is 268 g/mol. The van der Waals surface area contributed by atoms with Gasteiger partial charge >= 0.3 is 0 Å². The second kappa shape index (κ2) is 5.38. The lowest BCUT2D eigenvalue weighted by molar-refractivity contribution is 0.202.